The van der Waals surface area contributed by atoms with Gasteiger partial charge in [0.15, 0.2) is 0 Å². The summed E-state index contributed by atoms with van der Waals surface area (Å²) in [5.41, 5.74) is 0. The Morgan fingerprint density at radius 3 is 1.21 bits per heavy atom. The maximum absolute atomic E-state index is 12.1. The van der Waals surface area contributed by atoms with E-state index in [-0.39, 0.29) is 0 Å². The molecule has 0 amide bonds. The van der Waals surface area contributed by atoms with Crippen molar-refractivity contribution >= 4 is 15.2 Å². The van der Waals surface area contributed by atoms with Crippen molar-refractivity contribution in [3.05, 3.63) is 60.7 Å². The molecule has 0 aliphatic rings. The Morgan fingerprint density at radius 2 is 0.958 bits per heavy atom. The molecule has 0 atom stereocenters. The number of benzene rings is 2. The van der Waals surface area contributed by atoms with Crippen LogP contribution in [-0.2, 0) is 18.2 Å². The fraction of sp³-hybridized carbons (Fsp3) is 0.250. The first-order valence-corrected chi connectivity index (χ1v) is 11.0. The first-order valence-electron chi connectivity index (χ1n) is 7.04. The highest BCUT2D eigenvalue weighted by molar-refractivity contribution is 7.53. The SMILES string of the molecule is COP(C)(=O)OC.CP(=O)(Oc1ccccc1)Oc1ccccc1. The molecule has 0 unspecified atom stereocenters. The molecule has 2 aromatic carbocycles. The van der Waals surface area contributed by atoms with E-state index in [1.54, 1.807) is 24.3 Å². The second kappa shape index (κ2) is 9.65. The van der Waals surface area contributed by atoms with Crippen LogP contribution in [0.15, 0.2) is 60.7 Å². The standard InChI is InChI=1S/C13H13O3P.C3H9O3P/c1-17(14,15-12-8-4-2-5-9-12)16-13-10-6-3-7-11-13;1-5-7(3,4)6-2/h2-11H,1H3;1-3H3. The first kappa shape index (κ1) is 20.5. The Morgan fingerprint density at radius 1 is 0.625 bits per heavy atom. The van der Waals surface area contributed by atoms with E-state index in [0.29, 0.717) is 11.5 Å². The van der Waals surface area contributed by atoms with Gasteiger partial charge >= 0.3 is 15.2 Å². The lowest BCUT2D eigenvalue weighted by molar-refractivity contribution is 0.282. The third-order valence-electron chi connectivity index (χ3n) is 2.69. The largest absolute Gasteiger partial charge is 0.427 e. The molecule has 0 aliphatic carbocycles. The number of hydrogen-bond acceptors (Lipinski definition) is 6. The lowest BCUT2D eigenvalue weighted by atomic mass is 10.3. The van der Waals surface area contributed by atoms with Crippen molar-refractivity contribution < 1.29 is 27.2 Å². The van der Waals surface area contributed by atoms with E-state index in [4.69, 9.17) is 9.05 Å². The van der Waals surface area contributed by atoms with Gasteiger partial charge in [0.2, 0.25) is 0 Å². The Hall–Kier alpha value is -1.58. The summed E-state index contributed by atoms with van der Waals surface area (Å²) in [6, 6.07) is 18.0. The molecule has 2 rings (SSSR count). The maximum Gasteiger partial charge on any atom is 0.427 e. The highest BCUT2D eigenvalue weighted by Crippen LogP contribution is 2.44. The quantitative estimate of drug-likeness (QED) is 0.660. The molecule has 0 saturated carbocycles. The Balaban J connectivity index is 0.000000351. The van der Waals surface area contributed by atoms with E-state index >= 15 is 0 Å². The van der Waals surface area contributed by atoms with Crippen LogP contribution >= 0.6 is 15.2 Å². The van der Waals surface area contributed by atoms with Gasteiger partial charge in [-0.15, -0.1) is 0 Å². The van der Waals surface area contributed by atoms with Gasteiger partial charge in [-0.25, -0.2) is 4.57 Å². The number of rotatable bonds is 6. The average Bonchev–Trinajstić information content (AvgIpc) is 2.56. The van der Waals surface area contributed by atoms with Crippen molar-refractivity contribution in [1.29, 1.82) is 0 Å². The third-order valence-corrected chi connectivity index (χ3v) is 5.10. The van der Waals surface area contributed by atoms with E-state index in [0.717, 1.165) is 0 Å². The van der Waals surface area contributed by atoms with Crippen molar-refractivity contribution in [2.75, 3.05) is 27.5 Å². The predicted octanol–water partition coefficient (Wildman–Crippen LogP) is 5.07. The summed E-state index contributed by atoms with van der Waals surface area (Å²) < 4.78 is 42.1. The van der Waals surface area contributed by atoms with Crippen LogP contribution in [0, 0.1) is 0 Å². The summed E-state index contributed by atoms with van der Waals surface area (Å²) in [6.07, 6.45) is 0. The molecule has 0 aliphatic heterocycles. The van der Waals surface area contributed by atoms with Gasteiger partial charge in [0.25, 0.3) is 0 Å². The van der Waals surface area contributed by atoms with E-state index < -0.39 is 15.2 Å². The van der Waals surface area contributed by atoms with Crippen molar-refractivity contribution in [3.63, 3.8) is 0 Å². The maximum atomic E-state index is 12.1. The Bertz CT molecular complexity index is 637. The van der Waals surface area contributed by atoms with E-state index in [2.05, 4.69) is 9.05 Å². The van der Waals surface area contributed by atoms with Crippen molar-refractivity contribution in [3.8, 4) is 11.5 Å². The van der Waals surface area contributed by atoms with Gasteiger partial charge in [0, 0.05) is 20.9 Å². The third kappa shape index (κ3) is 8.32. The van der Waals surface area contributed by atoms with Gasteiger partial charge in [0.1, 0.15) is 11.5 Å². The second-order valence-electron chi connectivity index (χ2n) is 4.72. The van der Waals surface area contributed by atoms with Crippen LogP contribution in [0.25, 0.3) is 0 Å². The van der Waals surface area contributed by atoms with Crippen LogP contribution in [0.3, 0.4) is 0 Å². The van der Waals surface area contributed by atoms with Crippen LogP contribution in [0.1, 0.15) is 0 Å². The highest BCUT2D eigenvalue weighted by Gasteiger charge is 2.20. The zero-order valence-electron chi connectivity index (χ0n) is 14.1. The normalized spacial score (nSPS) is 11.2. The zero-order valence-corrected chi connectivity index (χ0v) is 15.9. The molecule has 0 radical (unpaired) electrons. The topological polar surface area (TPSA) is 71.1 Å². The van der Waals surface area contributed by atoms with Crippen LogP contribution < -0.4 is 9.05 Å². The van der Waals surface area contributed by atoms with Crippen molar-refractivity contribution in [2.45, 2.75) is 0 Å². The fourth-order valence-electron chi connectivity index (χ4n) is 1.44. The van der Waals surface area contributed by atoms with Gasteiger partial charge in [-0.05, 0) is 24.3 Å². The predicted molar refractivity (Wildman–Crippen MR) is 95.2 cm³/mol. The lowest BCUT2D eigenvalue weighted by Gasteiger charge is -2.15. The van der Waals surface area contributed by atoms with Crippen molar-refractivity contribution in [2.24, 2.45) is 0 Å². The first-order chi connectivity index (χ1) is 11.3. The molecule has 0 heterocycles. The summed E-state index contributed by atoms with van der Waals surface area (Å²) >= 11 is 0. The molecule has 24 heavy (non-hydrogen) atoms. The number of hydrogen-bond donors (Lipinski definition) is 0. The van der Waals surface area contributed by atoms with Crippen LogP contribution in [0.4, 0.5) is 0 Å². The minimum atomic E-state index is -3.14. The summed E-state index contributed by atoms with van der Waals surface area (Å²) in [5.74, 6) is 1.07. The summed E-state index contributed by atoms with van der Waals surface area (Å²) in [6.45, 7) is 2.86. The zero-order chi connectivity index (χ0) is 18.1. The molecule has 8 heteroatoms. The smallest absolute Gasteiger partial charge is 0.416 e. The molecule has 0 saturated heterocycles. The fourth-order valence-corrected chi connectivity index (χ4v) is 2.63. The van der Waals surface area contributed by atoms with Gasteiger partial charge in [0.05, 0.1) is 6.66 Å². The Labute approximate surface area is 142 Å². The van der Waals surface area contributed by atoms with Crippen LogP contribution in [0.2, 0.25) is 0 Å². The van der Waals surface area contributed by atoms with Crippen LogP contribution in [-0.4, -0.2) is 27.5 Å². The average molecular weight is 372 g/mol. The summed E-state index contributed by atoms with van der Waals surface area (Å²) in [4.78, 5) is 0. The minimum Gasteiger partial charge on any atom is -0.416 e. The molecule has 2 aromatic rings. The van der Waals surface area contributed by atoms with Gasteiger partial charge < -0.3 is 18.1 Å². The van der Waals surface area contributed by atoms with E-state index in [1.165, 1.54) is 27.5 Å². The summed E-state index contributed by atoms with van der Waals surface area (Å²) in [7, 11) is -3.09. The molecular formula is C16H22O6P2. The summed E-state index contributed by atoms with van der Waals surface area (Å²) in [5, 5.41) is 0. The van der Waals surface area contributed by atoms with Gasteiger partial charge in [-0.3, -0.25) is 4.57 Å². The molecule has 0 fully saturated rings. The Kier molecular flexibility index (Phi) is 8.23. The molecule has 132 valence electrons. The molecule has 0 aromatic heterocycles. The highest BCUT2D eigenvalue weighted by atomic mass is 31.2. The van der Waals surface area contributed by atoms with E-state index in [1.807, 2.05) is 36.4 Å². The molecule has 6 nitrogen and oxygen atoms in total. The minimum absolute atomic E-state index is 0.536. The lowest BCUT2D eigenvalue weighted by Crippen LogP contribution is -1.98. The number of para-hydroxylation sites is 2. The monoisotopic (exact) mass is 372 g/mol. The van der Waals surface area contributed by atoms with Crippen molar-refractivity contribution in [1.82, 2.24) is 0 Å². The second-order valence-corrected chi connectivity index (χ2v) is 8.90. The molecular weight excluding hydrogens is 350 g/mol. The van der Waals surface area contributed by atoms with Crippen LogP contribution in [0.5, 0.6) is 11.5 Å². The van der Waals surface area contributed by atoms with Gasteiger partial charge in [-0.2, -0.15) is 0 Å². The van der Waals surface area contributed by atoms with Gasteiger partial charge in [-0.1, -0.05) is 36.4 Å². The van der Waals surface area contributed by atoms with E-state index in [9.17, 15) is 9.13 Å². The molecule has 0 bridgehead atoms. The molecule has 0 N–H and O–H groups in total. The molecule has 0 spiro atoms.